The molecule has 0 amide bonds. The molecule has 0 saturated heterocycles. The van der Waals surface area contributed by atoms with Gasteiger partial charge in [0.1, 0.15) is 12.2 Å². The summed E-state index contributed by atoms with van der Waals surface area (Å²) in [6.07, 6.45) is -0.497. The van der Waals surface area contributed by atoms with Crippen molar-refractivity contribution in [2.45, 2.75) is 6.42 Å². The van der Waals surface area contributed by atoms with Crippen molar-refractivity contribution in [2.75, 3.05) is 13.9 Å². The standard InChI is InChI=1S/C18H14O6/c1-10-11-5-3-4-6-12(11)17(21)13-7-15(24-18(10)13)14(19)8-16(20)23-9-22-2/h3-7H,1,8-9H2,2H3. The molecule has 6 heteroatoms. The van der Waals surface area contributed by atoms with Gasteiger partial charge in [-0.15, -0.1) is 0 Å². The van der Waals surface area contributed by atoms with Gasteiger partial charge in [0.25, 0.3) is 0 Å². The Morgan fingerprint density at radius 2 is 1.88 bits per heavy atom. The van der Waals surface area contributed by atoms with E-state index in [0.717, 1.165) is 0 Å². The molecular weight excluding hydrogens is 312 g/mol. The van der Waals surface area contributed by atoms with Crippen LogP contribution < -0.4 is 0 Å². The Bertz CT molecular complexity index is 806. The van der Waals surface area contributed by atoms with Gasteiger partial charge in [-0.1, -0.05) is 30.8 Å². The van der Waals surface area contributed by atoms with Crippen molar-refractivity contribution >= 4 is 23.1 Å². The van der Waals surface area contributed by atoms with Crippen LogP contribution >= 0.6 is 0 Å². The summed E-state index contributed by atoms with van der Waals surface area (Å²) >= 11 is 0. The first-order valence-corrected chi connectivity index (χ1v) is 7.18. The second-order valence-electron chi connectivity index (χ2n) is 5.23. The molecule has 0 fully saturated rings. The van der Waals surface area contributed by atoms with E-state index in [1.54, 1.807) is 24.3 Å². The van der Waals surface area contributed by atoms with Crippen LogP contribution in [0.4, 0.5) is 0 Å². The molecule has 3 rings (SSSR count). The minimum Gasteiger partial charge on any atom is -0.452 e. The van der Waals surface area contributed by atoms with E-state index in [9.17, 15) is 14.4 Å². The summed E-state index contributed by atoms with van der Waals surface area (Å²) in [6, 6.07) is 8.37. The summed E-state index contributed by atoms with van der Waals surface area (Å²) in [5.41, 5.74) is 1.98. The molecule has 6 nitrogen and oxygen atoms in total. The fourth-order valence-electron chi connectivity index (χ4n) is 2.53. The summed E-state index contributed by atoms with van der Waals surface area (Å²) in [7, 11) is 1.37. The van der Waals surface area contributed by atoms with Crippen molar-refractivity contribution < 1.29 is 28.3 Å². The predicted molar refractivity (Wildman–Crippen MR) is 83.6 cm³/mol. The number of rotatable bonds is 5. The second kappa shape index (κ2) is 6.25. The van der Waals surface area contributed by atoms with Crippen molar-refractivity contribution in [1.82, 2.24) is 0 Å². The van der Waals surface area contributed by atoms with Crippen molar-refractivity contribution in [3.63, 3.8) is 0 Å². The Hall–Kier alpha value is -2.99. The number of benzene rings is 1. The first kappa shape index (κ1) is 15.9. The molecule has 24 heavy (non-hydrogen) atoms. The molecule has 0 N–H and O–H groups in total. The van der Waals surface area contributed by atoms with Gasteiger partial charge in [0.2, 0.25) is 5.78 Å². The zero-order valence-corrected chi connectivity index (χ0v) is 13.0. The predicted octanol–water partition coefficient (Wildman–Crippen LogP) is 2.61. The largest absolute Gasteiger partial charge is 0.452 e. The van der Waals surface area contributed by atoms with Gasteiger partial charge in [-0.05, 0) is 11.6 Å². The van der Waals surface area contributed by atoms with E-state index in [1.165, 1.54) is 13.2 Å². The maximum atomic E-state index is 12.5. The summed E-state index contributed by atoms with van der Waals surface area (Å²) in [6.45, 7) is 3.71. The number of Topliss-reactive ketones (excluding diaryl/α,β-unsaturated/α-hetero) is 1. The van der Waals surface area contributed by atoms with Crippen LogP contribution in [0.25, 0.3) is 5.57 Å². The number of carbonyl (C=O) groups is 3. The fourth-order valence-corrected chi connectivity index (χ4v) is 2.53. The highest BCUT2D eigenvalue weighted by molar-refractivity contribution is 6.19. The summed E-state index contributed by atoms with van der Waals surface area (Å²) in [5.74, 6) is -1.36. The first-order chi connectivity index (χ1) is 11.5. The monoisotopic (exact) mass is 326 g/mol. The summed E-state index contributed by atoms with van der Waals surface area (Å²) < 4.78 is 14.8. The topological polar surface area (TPSA) is 82.8 Å². The van der Waals surface area contributed by atoms with Crippen LogP contribution in [-0.4, -0.2) is 31.4 Å². The zero-order valence-electron chi connectivity index (χ0n) is 13.0. The van der Waals surface area contributed by atoms with Crippen molar-refractivity contribution in [3.8, 4) is 0 Å². The molecule has 122 valence electrons. The average Bonchev–Trinajstić information content (AvgIpc) is 3.04. The minimum absolute atomic E-state index is 0.0725. The maximum absolute atomic E-state index is 12.5. The molecule has 0 radical (unpaired) electrons. The van der Waals surface area contributed by atoms with Gasteiger partial charge in [-0.3, -0.25) is 14.4 Å². The highest BCUT2D eigenvalue weighted by Gasteiger charge is 2.31. The Kier molecular flexibility index (Phi) is 4.14. The molecule has 1 aliphatic carbocycles. The van der Waals surface area contributed by atoms with Gasteiger partial charge < -0.3 is 13.9 Å². The van der Waals surface area contributed by atoms with E-state index >= 15 is 0 Å². The molecule has 1 heterocycles. The molecule has 0 atom stereocenters. The lowest BCUT2D eigenvalue weighted by Gasteiger charge is -2.15. The van der Waals surface area contributed by atoms with Gasteiger partial charge in [0.15, 0.2) is 18.3 Å². The van der Waals surface area contributed by atoms with E-state index in [4.69, 9.17) is 4.42 Å². The third-order valence-electron chi connectivity index (χ3n) is 3.67. The van der Waals surface area contributed by atoms with E-state index in [-0.39, 0.29) is 29.7 Å². The van der Waals surface area contributed by atoms with Crippen LogP contribution in [0, 0.1) is 0 Å². The van der Waals surface area contributed by atoms with Crippen LogP contribution in [0.3, 0.4) is 0 Å². The molecule has 1 aromatic heterocycles. The van der Waals surface area contributed by atoms with Gasteiger partial charge in [0.05, 0.1) is 5.56 Å². The lowest BCUT2D eigenvalue weighted by Crippen LogP contribution is -2.12. The number of carbonyl (C=O) groups excluding carboxylic acids is 3. The number of ether oxygens (including phenoxy) is 2. The highest BCUT2D eigenvalue weighted by Crippen LogP contribution is 2.36. The molecule has 0 spiro atoms. The normalized spacial score (nSPS) is 12.5. The number of esters is 1. The average molecular weight is 326 g/mol. The molecule has 0 bridgehead atoms. The lowest BCUT2D eigenvalue weighted by atomic mass is 9.86. The number of fused-ring (bicyclic) bond motifs is 2. The van der Waals surface area contributed by atoms with Crippen LogP contribution in [0.5, 0.6) is 0 Å². The number of ketones is 2. The molecule has 0 unspecified atom stereocenters. The van der Waals surface area contributed by atoms with E-state index in [1.807, 2.05) is 0 Å². The van der Waals surface area contributed by atoms with Crippen LogP contribution in [0.2, 0.25) is 0 Å². The quantitative estimate of drug-likeness (QED) is 0.310. The minimum atomic E-state index is -0.732. The fraction of sp³-hybridized carbons (Fsp3) is 0.167. The van der Waals surface area contributed by atoms with Crippen LogP contribution in [-0.2, 0) is 14.3 Å². The number of hydrogen-bond acceptors (Lipinski definition) is 6. The first-order valence-electron chi connectivity index (χ1n) is 7.18. The van der Waals surface area contributed by atoms with Gasteiger partial charge >= 0.3 is 5.97 Å². The van der Waals surface area contributed by atoms with Gasteiger partial charge in [-0.25, -0.2) is 0 Å². The Morgan fingerprint density at radius 3 is 2.58 bits per heavy atom. The molecule has 0 aliphatic heterocycles. The summed E-state index contributed by atoms with van der Waals surface area (Å²) in [5, 5.41) is 0. The molecule has 0 saturated carbocycles. The molecular formula is C18H14O6. The van der Waals surface area contributed by atoms with Crippen molar-refractivity contribution in [2.24, 2.45) is 0 Å². The smallest absolute Gasteiger partial charge is 0.315 e. The Morgan fingerprint density at radius 1 is 1.17 bits per heavy atom. The van der Waals surface area contributed by atoms with Gasteiger partial charge in [-0.2, -0.15) is 0 Å². The number of methoxy groups -OCH3 is 1. The number of hydrogen-bond donors (Lipinski definition) is 0. The second-order valence-corrected chi connectivity index (χ2v) is 5.23. The van der Waals surface area contributed by atoms with Crippen molar-refractivity contribution in [1.29, 1.82) is 0 Å². The van der Waals surface area contributed by atoms with Crippen LogP contribution in [0.1, 0.15) is 44.2 Å². The Labute approximate surface area is 137 Å². The SMILES string of the molecule is C=C1c2ccccc2C(=O)c2cc(C(=O)CC(=O)OCOC)oc21. The van der Waals surface area contributed by atoms with E-state index < -0.39 is 18.2 Å². The van der Waals surface area contributed by atoms with Crippen LogP contribution in [0.15, 0.2) is 41.3 Å². The third kappa shape index (κ3) is 2.68. The van der Waals surface area contributed by atoms with E-state index in [0.29, 0.717) is 16.7 Å². The van der Waals surface area contributed by atoms with Crippen molar-refractivity contribution in [3.05, 3.63) is 65.1 Å². The van der Waals surface area contributed by atoms with E-state index in [2.05, 4.69) is 16.1 Å². The third-order valence-corrected chi connectivity index (χ3v) is 3.67. The number of furan rings is 1. The zero-order chi connectivity index (χ0) is 17.3. The maximum Gasteiger partial charge on any atom is 0.315 e. The van der Waals surface area contributed by atoms with Gasteiger partial charge in [0, 0.05) is 18.2 Å². The lowest BCUT2D eigenvalue weighted by molar-refractivity contribution is -0.152. The molecule has 1 aliphatic rings. The highest BCUT2D eigenvalue weighted by atomic mass is 16.7. The molecule has 2 aromatic rings. The summed E-state index contributed by atoms with van der Waals surface area (Å²) in [4.78, 5) is 36.2. The molecule has 1 aromatic carbocycles. The Balaban J connectivity index is 1.88.